The average molecular weight is 273 g/mol. The number of nitrogens with two attached hydrogens (primary N) is 1. The van der Waals surface area contributed by atoms with Crippen molar-refractivity contribution in [2.45, 2.75) is 20.8 Å². The molecule has 1 heterocycles. The Morgan fingerprint density at radius 2 is 2.05 bits per heavy atom. The number of nitrogens with zero attached hydrogens (tertiary/aromatic N) is 2. The molecule has 1 aromatic heterocycles. The van der Waals surface area contributed by atoms with Gasteiger partial charge in [0, 0.05) is 17.8 Å². The smallest absolute Gasteiger partial charge is 0.183 e. The molecule has 0 aliphatic heterocycles. The zero-order valence-corrected chi connectivity index (χ0v) is 12.4. The first-order valence-corrected chi connectivity index (χ1v) is 7.04. The van der Waals surface area contributed by atoms with Crippen LogP contribution in [0, 0.1) is 18.8 Å². The second-order valence-corrected chi connectivity index (χ2v) is 5.41. The zero-order valence-electron chi connectivity index (χ0n) is 12.4. The van der Waals surface area contributed by atoms with E-state index >= 15 is 0 Å². The highest BCUT2D eigenvalue weighted by atomic mass is 15.2. The molecule has 0 bridgehead atoms. The first-order chi connectivity index (χ1) is 9.61. The number of aryl methyl sites for hydroxylation is 1. The quantitative estimate of drug-likeness (QED) is 0.755. The minimum atomic E-state index is 0.455. The summed E-state index contributed by atoms with van der Waals surface area (Å²) in [6.07, 6.45) is 0. The summed E-state index contributed by atoms with van der Waals surface area (Å²) >= 11 is 0. The minimum absolute atomic E-state index is 0.455. The van der Waals surface area contributed by atoms with Crippen LogP contribution in [0.5, 0.6) is 0 Å². The Balaban J connectivity index is 2.16. The topological polar surface area (TPSA) is 79.6 Å². The maximum Gasteiger partial charge on any atom is 0.183 e. The van der Waals surface area contributed by atoms with Crippen molar-refractivity contribution in [3.05, 3.63) is 30.1 Å². The molecule has 1 atom stereocenters. The summed E-state index contributed by atoms with van der Waals surface area (Å²) in [7, 11) is 0. The minimum Gasteiger partial charge on any atom is -0.384 e. The first-order valence-electron chi connectivity index (χ1n) is 7.04. The third kappa shape index (κ3) is 3.36. The van der Waals surface area contributed by atoms with Crippen molar-refractivity contribution in [3.63, 3.8) is 0 Å². The van der Waals surface area contributed by atoms with Crippen LogP contribution in [0.15, 0.2) is 24.3 Å². The Labute approximate surface area is 120 Å². The summed E-state index contributed by atoms with van der Waals surface area (Å²) in [4.78, 5) is 4.39. The van der Waals surface area contributed by atoms with E-state index in [4.69, 9.17) is 5.73 Å². The van der Waals surface area contributed by atoms with Crippen LogP contribution in [0.3, 0.4) is 0 Å². The molecule has 5 nitrogen and oxygen atoms in total. The molecule has 0 saturated carbocycles. The lowest BCUT2D eigenvalue weighted by Crippen LogP contribution is -2.27. The van der Waals surface area contributed by atoms with E-state index in [0.717, 1.165) is 29.4 Å². The maximum atomic E-state index is 5.82. The van der Waals surface area contributed by atoms with Gasteiger partial charge in [-0.25, -0.2) is 4.98 Å². The van der Waals surface area contributed by atoms with Crippen molar-refractivity contribution in [3.8, 4) is 11.4 Å². The number of hydrogen-bond donors (Lipinski definition) is 3. The van der Waals surface area contributed by atoms with Crippen molar-refractivity contribution in [1.82, 2.24) is 15.2 Å². The van der Waals surface area contributed by atoms with E-state index in [9.17, 15) is 0 Å². The van der Waals surface area contributed by atoms with Crippen LogP contribution in [0.2, 0.25) is 0 Å². The highest BCUT2D eigenvalue weighted by Gasteiger charge is 2.13. The van der Waals surface area contributed by atoms with Crippen molar-refractivity contribution < 1.29 is 0 Å². The van der Waals surface area contributed by atoms with Gasteiger partial charge in [-0.1, -0.05) is 26.0 Å². The van der Waals surface area contributed by atoms with E-state index in [1.807, 2.05) is 25.1 Å². The number of para-hydroxylation sites is 1. The van der Waals surface area contributed by atoms with Gasteiger partial charge in [-0.2, -0.15) is 5.10 Å². The second-order valence-electron chi connectivity index (χ2n) is 5.41. The Morgan fingerprint density at radius 3 is 2.65 bits per heavy atom. The SMILES string of the molecule is Cc1nc(-c2ccccc2NCC(CN)C(C)C)n[nH]1. The Bertz CT molecular complexity index is 547. The fraction of sp³-hybridized carbons (Fsp3) is 0.467. The Hall–Kier alpha value is -1.88. The molecule has 2 aromatic rings. The standard InChI is InChI=1S/C15H23N5/c1-10(2)12(8-16)9-17-14-7-5-4-6-13(14)15-18-11(3)19-20-15/h4-7,10,12,17H,8-9,16H2,1-3H3,(H,18,19,20). The second kappa shape index (κ2) is 6.52. The molecule has 1 unspecified atom stereocenters. The number of anilines is 1. The van der Waals surface area contributed by atoms with Gasteiger partial charge in [0.2, 0.25) is 0 Å². The summed E-state index contributed by atoms with van der Waals surface area (Å²) < 4.78 is 0. The molecule has 0 aliphatic carbocycles. The number of aromatic nitrogens is 3. The maximum absolute atomic E-state index is 5.82. The van der Waals surface area contributed by atoms with Crippen molar-refractivity contribution in [2.75, 3.05) is 18.4 Å². The van der Waals surface area contributed by atoms with Crippen molar-refractivity contribution in [2.24, 2.45) is 17.6 Å². The third-order valence-electron chi connectivity index (χ3n) is 3.57. The van der Waals surface area contributed by atoms with Crippen LogP contribution in [0.25, 0.3) is 11.4 Å². The third-order valence-corrected chi connectivity index (χ3v) is 3.57. The predicted octanol–water partition coefficient (Wildman–Crippen LogP) is 2.42. The Morgan fingerprint density at radius 1 is 1.30 bits per heavy atom. The van der Waals surface area contributed by atoms with Gasteiger partial charge in [0.15, 0.2) is 5.82 Å². The molecule has 108 valence electrons. The lowest BCUT2D eigenvalue weighted by molar-refractivity contribution is 0.413. The van der Waals surface area contributed by atoms with Gasteiger partial charge in [-0.15, -0.1) is 0 Å². The van der Waals surface area contributed by atoms with E-state index in [-0.39, 0.29) is 0 Å². The normalized spacial score (nSPS) is 12.7. The summed E-state index contributed by atoms with van der Waals surface area (Å²) in [5.74, 6) is 2.55. The molecule has 4 N–H and O–H groups in total. The monoisotopic (exact) mass is 273 g/mol. The molecule has 0 amide bonds. The number of rotatable bonds is 6. The van der Waals surface area contributed by atoms with Crippen LogP contribution >= 0.6 is 0 Å². The van der Waals surface area contributed by atoms with Gasteiger partial charge in [-0.05, 0) is 37.4 Å². The Kier molecular flexibility index (Phi) is 4.74. The molecule has 1 aromatic carbocycles. The predicted molar refractivity (Wildman–Crippen MR) is 82.4 cm³/mol. The first kappa shape index (κ1) is 14.5. The number of nitrogens with one attached hydrogen (secondary N) is 2. The van der Waals surface area contributed by atoms with E-state index < -0.39 is 0 Å². The summed E-state index contributed by atoms with van der Waals surface area (Å²) in [5, 5.41) is 10.6. The van der Waals surface area contributed by atoms with Gasteiger partial charge < -0.3 is 11.1 Å². The van der Waals surface area contributed by atoms with Gasteiger partial charge in [0.05, 0.1) is 0 Å². The molecule has 0 radical (unpaired) electrons. The fourth-order valence-corrected chi connectivity index (χ4v) is 2.13. The molecular formula is C15H23N5. The van der Waals surface area contributed by atoms with Gasteiger partial charge in [0.1, 0.15) is 5.82 Å². The van der Waals surface area contributed by atoms with Crippen LogP contribution < -0.4 is 11.1 Å². The molecule has 0 spiro atoms. The van der Waals surface area contributed by atoms with Crippen LogP contribution in [-0.4, -0.2) is 28.3 Å². The number of benzene rings is 1. The largest absolute Gasteiger partial charge is 0.384 e. The summed E-state index contributed by atoms with van der Waals surface area (Å²) in [6, 6.07) is 8.08. The van der Waals surface area contributed by atoms with Crippen LogP contribution in [0.1, 0.15) is 19.7 Å². The molecular weight excluding hydrogens is 250 g/mol. The van der Waals surface area contributed by atoms with Crippen LogP contribution in [-0.2, 0) is 0 Å². The van der Waals surface area contributed by atoms with E-state index in [0.29, 0.717) is 18.4 Å². The van der Waals surface area contributed by atoms with E-state index in [1.54, 1.807) is 0 Å². The summed E-state index contributed by atoms with van der Waals surface area (Å²) in [6.45, 7) is 7.84. The van der Waals surface area contributed by atoms with Crippen molar-refractivity contribution in [1.29, 1.82) is 0 Å². The highest BCUT2D eigenvalue weighted by molar-refractivity contribution is 5.73. The molecule has 0 aliphatic rings. The molecule has 0 fully saturated rings. The highest BCUT2D eigenvalue weighted by Crippen LogP contribution is 2.25. The van der Waals surface area contributed by atoms with E-state index in [2.05, 4.69) is 40.4 Å². The van der Waals surface area contributed by atoms with Gasteiger partial charge in [0.25, 0.3) is 0 Å². The lowest BCUT2D eigenvalue weighted by atomic mass is 9.96. The molecule has 20 heavy (non-hydrogen) atoms. The number of aromatic amines is 1. The van der Waals surface area contributed by atoms with Gasteiger partial charge in [-0.3, -0.25) is 5.10 Å². The van der Waals surface area contributed by atoms with Gasteiger partial charge >= 0.3 is 0 Å². The molecule has 2 rings (SSSR count). The zero-order chi connectivity index (χ0) is 14.5. The molecule has 5 heteroatoms. The van der Waals surface area contributed by atoms with E-state index in [1.165, 1.54) is 0 Å². The summed E-state index contributed by atoms with van der Waals surface area (Å²) in [5.41, 5.74) is 7.88. The number of hydrogen-bond acceptors (Lipinski definition) is 4. The number of H-pyrrole nitrogens is 1. The van der Waals surface area contributed by atoms with Crippen LogP contribution in [0.4, 0.5) is 5.69 Å². The lowest BCUT2D eigenvalue weighted by Gasteiger charge is -2.20. The fourth-order valence-electron chi connectivity index (χ4n) is 2.13. The van der Waals surface area contributed by atoms with Crippen molar-refractivity contribution >= 4 is 5.69 Å². The molecule has 0 saturated heterocycles. The average Bonchev–Trinajstić information content (AvgIpc) is 2.86.